The fourth-order valence-corrected chi connectivity index (χ4v) is 2.82. The molecule has 5 nitrogen and oxygen atoms in total. The van der Waals surface area contributed by atoms with Crippen molar-refractivity contribution in [1.82, 2.24) is 19.9 Å². The number of aromatic nitrogens is 3. The Kier molecular flexibility index (Phi) is 3.72. The van der Waals surface area contributed by atoms with Crippen LogP contribution in [0.25, 0.3) is 0 Å². The van der Waals surface area contributed by atoms with Crippen molar-refractivity contribution < 1.29 is 4.79 Å². The third kappa shape index (κ3) is 2.89. The molecule has 1 fully saturated rings. The van der Waals surface area contributed by atoms with E-state index in [1.54, 1.807) is 17.2 Å². The third-order valence-electron chi connectivity index (χ3n) is 4.21. The van der Waals surface area contributed by atoms with Crippen LogP contribution in [-0.2, 0) is 5.41 Å². The maximum atomic E-state index is 12.6. The summed E-state index contributed by atoms with van der Waals surface area (Å²) in [5.74, 6) is 0.0927. The van der Waals surface area contributed by atoms with Crippen LogP contribution in [0.15, 0.2) is 36.7 Å². The lowest BCUT2D eigenvalue weighted by molar-refractivity contribution is 0.0786. The fourth-order valence-electron chi connectivity index (χ4n) is 2.82. The van der Waals surface area contributed by atoms with Crippen LogP contribution in [0.1, 0.15) is 49.2 Å². The fraction of sp³-hybridized carbons (Fsp3) is 0.471. The monoisotopic (exact) mass is 298 g/mol. The van der Waals surface area contributed by atoms with Crippen molar-refractivity contribution in [3.63, 3.8) is 0 Å². The summed E-state index contributed by atoms with van der Waals surface area (Å²) in [4.78, 5) is 16.2. The molecule has 1 aliphatic heterocycles. The highest BCUT2D eigenvalue weighted by atomic mass is 16.2. The van der Waals surface area contributed by atoms with Crippen LogP contribution < -0.4 is 0 Å². The van der Waals surface area contributed by atoms with E-state index in [9.17, 15) is 4.79 Å². The summed E-state index contributed by atoms with van der Waals surface area (Å²) in [7, 11) is 0. The average Bonchev–Trinajstić information content (AvgIpc) is 3.16. The van der Waals surface area contributed by atoms with Crippen molar-refractivity contribution in [3.8, 4) is 0 Å². The lowest BCUT2D eigenvalue weighted by Crippen LogP contribution is -2.29. The molecular formula is C17H22N4O. The molecular weight excluding hydrogens is 276 g/mol. The maximum Gasteiger partial charge on any atom is 0.253 e. The molecule has 22 heavy (non-hydrogen) atoms. The molecule has 1 aliphatic rings. The van der Waals surface area contributed by atoms with Gasteiger partial charge in [-0.15, -0.1) is 0 Å². The third-order valence-corrected chi connectivity index (χ3v) is 4.21. The molecule has 0 N–H and O–H groups in total. The van der Waals surface area contributed by atoms with Crippen LogP contribution in [0.5, 0.6) is 0 Å². The van der Waals surface area contributed by atoms with Crippen LogP contribution in [0.2, 0.25) is 0 Å². The van der Waals surface area contributed by atoms with Crippen LogP contribution in [0, 0.1) is 0 Å². The van der Waals surface area contributed by atoms with Crippen molar-refractivity contribution in [2.75, 3.05) is 13.1 Å². The molecule has 1 atom stereocenters. The van der Waals surface area contributed by atoms with E-state index in [1.807, 2.05) is 17.0 Å². The molecule has 0 saturated carbocycles. The van der Waals surface area contributed by atoms with Crippen LogP contribution >= 0.6 is 0 Å². The first-order valence-electron chi connectivity index (χ1n) is 7.71. The second-order valence-corrected chi connectivity index (χ2v) is 6.87. The molecule has 0 unspecified atom stereocenters. The zero-order chi connectivity index (χ0) is 15.7. The molecule has 0 radical (unpaired) electrons. The SMILES string of the molecule is CC(C)(C)c1ccc(C(=O)N2CC[C@@H](n3nccn3)C2)cc1. The van der Waals surface area contributed by atoms with Gasteiger partial charge in [0.05, 0.1) is 18.4 Å². The van der Waals surface area contributed by atoms with Gasteiger partial charge in [-0.1, -0.05) is 32.9 Å². The molecule has 1 saturated heterocycles. The normalized spacial score (nSPS) is 18.7. The molecule has 1 amide bonds. The Hall–Kier alpha value is -2.17. The first-order valence-corrected chi connectivity index (χ1v) is 7.71. The Bertz CT molecular complexity index is 640. The van der Waals surface area contributed by atoms with Crippen molar-refractivity contribution in [2.24, 2.45) is 0 Å². The van der Waals surface area contributed by atoms with E-state index in [1.165, 1.54) is 5.56 Å². The number of hydrogen-bond acceptors (Lipinski definition) is 3. The first-order chi connectivity index (χ1) is 10.4. The molecule has 2 heterocycles. The Morgan fingerprint density at radius 2 is 1.77 bits per heavy atom. The minimum atomic E-state index is 0.0927. The molecule has 3 rings (SSSR count). The second kappa shape index (κ2) is 5.55. The lowest BCUT2D eigenvalue weighted by Gasteiger charge is -2.20. The summed E-state index contributed by atoms with van der Waals surface area (Å²) in [6, 6.07) is 8.16. The van der Waals surface area contributed by atoms with Crippen LogP contribution in [-0.4, -0.2) is 38.9 Å². The predicted octanol–water partition coefficient (Wildman–Crippen LogP) is 2.66. The summed E-state index contributed by atoms with van der Waals surface area (Å²) < 4.78 is 0. The largest absolute Gasteiger partial charge is 0.336 e. The van der Waals surface area contributed by atoms with E-state index >= 15 is 0 Å². The summed E-state index contributed by atoms with van der Waals surface area (Å²) in [6.07, 6.45) is 4.26. The first kappa shape index (κ1) is 14.8. The molecule has 1 aromatic carbocycles. The Labute approximate surface area is 130 Å². The van der Waals surface area contributed by atoms with Crippen LogP contribution in [0.4, 0.5) is 0 Å². The van der Waals surface area contributed by atoms with Gasteiger partial charge in [-0.2, -0.15) is 15.0 Å². The van der Waals surface area contributed by atoms with Gasteiger partial charge >= 0.3 is 0 Å². The van der Waals surface area contributed by atoms with Crippen molar-refractivity contribution in [3.05, 3.63) is 47.8 Å². The molecule has 5 heteroatoms. The van der Waals surface area contributed by atoms with Gasteiger partial charge in [-0.3, -0.25) is 4.79 Å². The number of rotatable bonds is 2. The van der Waals surface area contributed by atoms with E-state index in [-0.39, 0.29) is 17.4 Å². The smallest absolute Gasteiger partial charge is 0.253 e. The van der Waals surface area contributed by atoms with E-state index in [2.05, 4.69) is 43.1 Å². The van der Waals surface area contributed by atoms with Crippen LogP contribution in [0.3, 0.4) is 0 Å². The Balaban J connectivity index is 1.70. The van der Waals surface area contributed by atoms with Gasteiger partial charge in [0, 0.05) is 18.7 Å². The Morgan fingerprint density at radius 1 is 1.14 bits per heavy atom. The minimum absolute atomic E-state index is 0.0927. The maximum absolute atomic E-state index is 12.6. The van der Waals surface area contributed by atoms with E-state index in [0.717, 1.165) is 18.5 Å². The number of amides is 1. The number of carbonyl (C=O) groups is 1. The molecule has 2 aromatic rings. The van der Waals surface area contributed by atoms with Gasteiger partial charge in [0.15, 0.2) is 0 Å². The van der Waals surface area contributed by atoms with Gasteiger partial charge in [-0.25, -0.2) is 0 Å². The average molecular weight is 298 g/mol. The molecule has 0 spiro atoms. The van der Waals surface area contributed by atoms with E-state index < -0.39 is 0 Å². The second-order valence-electron chi connectivity index (χ2n) is 6.87. The summed E-state index contributed by atoms with van der Waals surface area (Å²) in [6.45, 7) is 7.95. The highest BCUT2D eigenvalue weighted by Gasteiger charge is 2.29. The van der Waals surface area contributed by atoms with Gasteiger partial charge in [0.25, 0.3) is 5.91 Å². The van der Waals surface area contributed by atoms with Crippen molar-refractivity contribution >= 4 is 5.91 Å². The highest BCUT2D eigenvalue weighted by Crippen LogP contribution is 2.24. The predicted molar refractivity (Wildman–Crippen MR) is 84.7 cm³/mol. The van der Waals surface area contributed by atoms with Gasteiger partial charge in [0.1, 0.15) is 0 Å². The Morgan fingerprint density at radius 3 is 2.36 bits per heavy atom. The minimum Gasteiger partial charge on any atom is -0.336 e. The lowest BCUT2D eigenvalue weighted by atomic mass is 9.86. The number of likely N-dealkylation sites (tertiary alicyclic amines) is 1. The molecule has 1 aromatic heterocycles. The van der Waals surface area contributed by atoms with Crippen molar-refractivity contribution in [2.45, 2.75) is 38.6 Å². The number of carbonyl (C=O) groups excluding carboxylic acids is 1. The number of hydrogen-bond donors (Lipinski definition) is 0. The number of benzene rings is 1. The van der Waals surface area contributed by atoms with Gasteiger partial charge in [0.2, 0.25) is 0 Å². The van der Waals surface area contributed by atoms with Gasteiger partial charge < -0.3 is 4.90 Å². The van der Waals surface area contributed by atoms with Gasteiger partial charge in [-0.05, 0) is 29.5 Å². The standard InChI is InChI=1S/C17H22N4O/c1-17(2,3)14-6-4-13(5-7-14)16(22)20-11-8-15(12-20)21-18-9-10-19-21/h4-7,9-10,15H,8,11-12H2,1-3H3/t15-/m1/s1. The molecule has 0 bridgehead atoms. The van der Waals surface area contributed by atoms with E-state index in [4.69, 9.17) is 0 Å². The van der Waals surface area contributed by atoms with Crippen molar-refractivity contribution in [1.29, 1.82) is 0 Å². The summed E-state index contributed by atoms with van der Waals surface area (Å²) in [5.41, 5.74) is 2.10. The zero-order valence-corrected chi connectivity index (χ0v) is 13.4. The summed E-state index contributed by atoms with van der Waals surface area (Å²) >= 11 is 0. The molecule has 116 valence electrons. The quantitative estimate of drug-likeness (QED) is 0.856. The molecule has 0 aliphatic carbocycles. The highest BCUT2D eigenvalue weighted by molar-refractivity contribution is 5.94. The van der Waals surface area contributed by atoms with E-state index in [0.29, 0.717) is 6.54 Å². The zero-order valence-electron chi connectivity index (χ0n) is 13.4. The topological polar surface area (TPSA) is 51.0 Å². The summed E-state index contributed by atoms with van der Waals surface area (Å²) in [5, 5.41) is 8.34. The number of nitrogens with zero attached hydrogens (tertiary/aromatic N) is 4.